The predicted octanol–water partition coefficient (Wildman–Crippen LogP) is 5.90. The molecule has 1 saturated carbocycles. The first-order valence-corrected chi connectivity index (χ1v) is 12.7. The van der Waals surface area contributed by atoms with E-state index in [1.54, 1.807) is 11.1 Å². The van der Waals surface area contributed by atoms with E-state index in [9.17, 15) is 4.79 Å². The Kier molecular flexibility index (Phi) is 5.48. The molecule has 1 saturated heterocycles. The number of piperazine rings is 1. The van der Waals surface area contributed by atoms with Crippen LogP contribution in [0.2, 0.25) is 5.02 Å². The Morgan fingerprint density at radius 3 is 2.61 bits per heavy atom. The molecule has 1 N–H and O–H groups in total. The monoisotopic (exact) mass is 503 g/mol. The van der Waals surface area contributed by atoms with Crippen LogP contribution in [0.1, 0.15) is 35.6 Å². The van der Waals surface area contributed by atoms with Crippen LogP contribution in [0.5, 0.6) is 0 Å². The lowest BCUT2D eigenvalue weighted by atomic mass is 9.92. The summed E-state index contributed by atoms with van der Waals surface area (Å²) < 4.78 is 16.4. The molecular formula is C28H27ClFN5O. The van der Waals surface area contributed by atoms with Crippen LogP contribution in [0.3, 0.4) is 0 Å². The van der Waals surface area contributed by atoms with Crippen molar-refractivity contribution in [2.24, 2.45) is 0 Å². The molecule has 2 aromatic heterocycles. The van der Waals surface area contributed by atoms with Gasteiger partial charge in [0.25, 0.3) is 0 Å². The Morgan fingerprint density at radius 2 is 1.92 bits per heavy atom. The molecule has 0 radical (unpaired) electrons. The van der Waals surface area contributed by atoms with Crippen molar-refractivity contribution in [1.29, 1.82) is 0 Å². The summed E-state index contributed by atoms with van der Waals surface area (Å²) >= 11 is 6.90. The second-order valence-corrected chi connectivity index (χ2v) is 10.2. The first-order chi connectivity index (χ1) is 17.4. The topological polar surface area (TPSA) is 65.1 Å². The molecule has 0 unspecified atom stereocenters. The lowest BCUT2D eigenvalue weighted by molar-refractivity contribution is -0.126. The molecule has 0 spiro atoms. The Morgan fingerprint density at radius 1 is 1.17 bits per heavy atom. The van der Waals surface area contributed by atoms with E-state index in [0.717, 1.165) is 51.8 Å². The van der Waals surface area contributed by atoms with Crippen molar-refractivity contribution in [3.8, 4) is 11.1 Å². The lowest BCUT2D eigenvalue weighted by Gasteiger charge is -2.37. The highest BCUT2D eigenvalue weighted by molar-refractivity contribution is 6.35. The molecule has 184 valence electrons. The molecule has 0 bridgehead atoms. The van der Waals surface area contributed by atoms with E-state index in [1.807, 2.05) is 32.0 Å². The predicted molar refractivity (Wildman–Crippen MR) is 142 cm³/mol. The summed E-state index contributed by atoms with van der Waals surface area (Å²) in [5, 5.41) is 9.68. The van der Waals surface area contributed by atoms with Gasteiger partial charge in [-0.3, -0.25) is 14.9 Å². The number of H-pyrrole nitrogens is 1. The lowest BCUT2D eigenvalue weighted by Crippen LogP contribution is -2.48. The molecule has 2 aromatic carbocycles. The van der Waals surface area contributed by atoms with E-state index < -0.39 is 5.82 Å². The summed E-state index contributed by atoms with van der Waals surface area (Å²) in [7, 11) is 0. The zero-order valence-electron chi connectivity index (χ0n) is 20.4. The molecule has 2 aliphatic rings. The maximum Gasteiger partial charge on any atom is 0.246 e. The number of carbonyl (C=O) groups is 1. The third-order valence-electron chi connectivity index (χ3n) is 7.48. The van der Waals surface area contributed by atoms with Gasteiger partial charge in [0.15, 0.2) is 5.82 Å². The molecule has 3 heterocycles. The van der Waals surface area contributed by atoms with Gasteiger partial charge in [-0.2, -0.15) is 5.10 Å². The smallest absolute Gasteiger partial charge is 0.246 e. The Bertz CT molecular complexity index is 1550. The van der Waals surface area contributed by atoms with E-state index in [2.05, 4.69) is 26.7 Å². The SMILES string of the molecule is C=CC(=O)N1CCN(c2c(C)cnc3c(F)c(-c4c(C)ccc5n[nH]c(C6CC6)c45)c(Cl)cc23)CC1. The molecule has 1 aliphatic heterocycles. The van der Waals surface area contributed by atoms with Crippen LogP contribution in [0.4, 0.5) is 10.1 Å². The zero-order chi connectivity index (χ0) is 25.1. The number of nitrogens with zero attached hydrogens (tertiary/aromatic N) is 4. The number of aromatic nitrogens is 3. The number of carbonyl (C=O) groups excluding carboxylic acids is 1. The van der Waals surface area contributed by atoms with Crippen molar-refractivity contribution in [3.63, 3.8) is 0 Å². The summed E-state index contributed by atoms with van der Waals surface area (Å²) in [5.74, 6) is -0.0614. The number of halogens is 2. The highest BCUT2D eigenvalue weighted by Crippen LogP contribution is 2.48. The molecule has 4 aromatic rings. The third kappa shape index (κ3) is 3.56. The van der Waals surface area contributed by atoms with Gasteiger partial charge in [-0.1, -0.05) is 24.2 Å². The molecule has 36 heavy (non-hydrogen) atoms. The number of hydrogen-bond acceptors (Lipinski definition) is 4. The van der Waals surface area contributed by atoms with Crippen LogP contribution >= 0.6 is 11.6 Å². The average Bonchev–Trinajstić information content (AvgIpc) is 3.63. The summed E-state index contributed by atoms with van der Waals surface area (Å²) in [6.07, 6.45) is 5.28. The standard InChI is InChI=1S/C28H27ClFN5O/c1-4-21(36)34-9-11-35(12-10-34)28-16(3)14-31-27-18(28)13-19(29)23(25(27)30)22-15(2)5-8-20-24(22)26(33-32-20)17-6-7-17/h4-5,8,13-14,17H,1,6-7,9-12H2,2-3H3,(H,32,33). The van der Waals surface area contributed by atoms with Crippen LogP contribution in [-0.2, 0) is 4.79 Å². The van der Waals surface area contributed by atoms with Crippen molar-refractivity contribution in [2.45, 2.75) is 32.6 Å². The van der Waals surface area contributed by atoms with Gasteiger partial charge < -0.3 is 9.80 Å². The number of aromatic amines is 1. The number of nitrogens with one attached hydrogen (secondary N) is 1. The highest BCUT2D eigenvalue weighted by Gasteiger charge is 2.31. The number of amides is 1. The van der Waals surface area contributed by atoms with Crippen molar-refractivity contribution >= 4 is 45.0 Å². The third-order valence-corrected chi connectivity index (χ3v) is 7.78. The second-order valence-electron chi connectivity index (χ2n) is 9.81. The number of pyridine rings is 1. The minimum Gasteiger partial charge on any atom is -0.367 e. The highest BCUT2D eigenvalue weighted by atomic mass is 35.5. The Balaban J connectivity index is 1.51. The largest absolute Gasteiger partial charge is 0.367 e. The van der Waals surface area contributed by atoms with Crippen LogP contribution in [0, 0.1) is 19.7 Å². The minimum absolute atomic E-state index is 0.0703. The van der Waals surface area contributed by atoms with Crippen molar-refractivity contribution < 1.29 is 9.18 Å². The Labute approximate surface area is 213 Å². The first kappa shape index (κ1) is 23.0. The Hall–Kier alpha value is -3.45. The number of rotatable bonds is 4. The maximum absolute atomic E-state index is 16.4. The number of aryl methyl sites for hydroxylation is 2. The van der Waals surface area contributed by atoms with Gasteiger partial charge in [-0.25, -0.2) is 4.39 Å². The molecule has 6 rings (SSSR count). The number of benzene rings is 2. The number of hydrogen-bond donors (Lipinski definition) is 1. The van der Waals surface area contributed by atoms with E-state index in [-0.39, 0.29) is 5.91 Å². The van der Waals surface area contributed by atoms with Gasteiger partial charge in [0.2, 0.25) is 5.91 Å². The molecule has 2 fully saturated rings. The molecule has 1 aliphatic carbocycles. The van der Waals surface area contributed by atoms with Crippen LogP contribution in [0.15, 0.2) is 37.1 Å². The van der Waals surface area contributed by atoms with Crippen LogP contribution in [-0.4, -0.2) is 52.2 Å². The minimum atomic E-state index is -0.419. The average molecular weight is 504 g/mol. The van der Waals surface area contributed by atoms with Gasteiger partial charge in [0.05, 0.1) is 16.2 Å². The van der Waals surface area contributed by atoms with Crippen molar-refractivity contribution in [3.05, 3.63) is 64.7 Å². The molecule has 0 atom stereocenters. The van der Waals surface area contributed by atoms with E-state index in [1.165, 1.54) is 6.08 Å². The van der Waals surface area contributed by atoms with E-state index >= 15 is 4.39 Å². The number of anilines is 1. The van der Waals surface area contributed by atoms with E-state index in [4.69, 9.17) is 11.6 Å². The fourth-order valence-electron chi connectivity index (χ4n) is 5.51. The molecule has 8 heteroatoms. The summed E-state index contributed by atoms with van der Waals surface area (Å²) in [5.41, 5.74) is 6.13. The number of fused-ring (bicyclic) bond motifs is 2. The van der Waals surface area contributed by atoms with Crippen molar-refractivity contribution in [2.75, 3.05) is 31.1 Å². The molecule has 1 amide bonds. The van der Waals surface area contributed by atoms with E-state index in [0.29, 0.717) is 53.6 Å². The fourth-order valence-corrected chi connectivity index (χ4v) is 5.79. The normalized spacial score (nSPS) is 16.2. The zero-order valence-corrected chi connectivity index (χ0v) is 21.1. The van der Waals surface area contributed by atoms with Crippen LogP contribution in [0.25, 0.3) is 32.9 Å². The van der Waals surface area contributed by atoms with Crippen molar-refractivity contribution in [1.82, 2.24) is 20.1 Å². The van der Waals surface area contributed by atoms with Gasteiger partial charge in [0, 0.05) is 65.9 Å². The fraction of sp³-hybridized carbons (Fsp3) is 0.321. The molecule has 6 nitrogen and oxygen atoms in total. The summed E-state index contributed by atoms with van der Waals surface area (Å²) in [6, 6.07) is 5.79. The van der Waals surface area contributed by atoms with Crippen LogP contribution < -0.4 is 4.90 Å². The summed E-state index contributed by atoms with van der Waals surface area (Å²) in [4.78, 5) is 20.5. The maximum atomic E-state index is 16.4. The van der Waals surface area contributed by atoms with Gasteiger partial charge in [0.1, 0.15) is 5.52 Å². The quantitative estimate of drug-likeness (QED) is 0.352. The van der Waals surface area contributed by atoms with Gasteiger partial charge in [-0.05, 0) is 56.0 Å². The van der Waals surface area contributed by atoms with Gasteiger partial charge >= 0.3 is 0 Å². The van der Waals surface area contributed by atoms with Gasteiger partial charge in [-0.15, -0.1) is 0 Å². The second kappa shape index (κ2) is 8.59. The first-order valence-electron chi connectivity index (χ1n) is 12.3. The molecular weight excluding hydrogens is 477 g/mol. The summed E-state index contributed by atoms with van der Waals surface area (Å²) in [6.45, 7) is 9.97.